The smallest absolute Gasteiger partial charge is 0.320 e. The number of carbonyl (C=O) groups is 2. The summed E-state index contributed by atoms with van der Waals surface area (Å²) in [5, 5.41) is 0. The normalized spacial score (nSPS) is 23.2. The van der Waals surface area contributed by atoms with E-state index in [0.717, 1.165) is 18.8 Å². The maximum absolute atomic E-state index is 11.9. The molecule has 0 aliphatic heterocycles. The fraction of sp³-hybridized carbons (Fsp3) is 0.867. The van der Waals surface area contributed by atoms with Gasteiger partial charge in [0.25, 0.3) is 0 Å². The third-order valence-corrected chi connectivity index (χ3v) is 3.85. The van der Waals surface area contributed by atoms with Crippen molar-refractivity contribution < 1.29 is 19.1 Å². The van der Waals surface area contributed by atoms with Crippen molar-refractivity contribution in [2.75, 3.05) is 13.2 Å². The summed E-state index contributed by atoms with van der Waals surface area (Å²) < 4.78 is 9.99. The third kappa shape index (κ3) is 5.21. The second-order valence-electron chi connectivity index (χ2n) is 5.42. The first-order valence-corrected chi connectivity index (χ1v) is 7.41. The van der Waals surface area contributed by atoms with Crippen LogP contribution in [0.1, 0.15) is 52.9 Å². The zero-order valence-corrected chi connectivity index (χ0v) is 12.3. The molecule has 1 aliphatic rings. The van der Waals surface area contributed by atoms with Gasteiger partial charge in [0.2, 0.25) is 0 Å². The van der Waals surface area contributed by atoms with Gasteiger partial charge in [0, 0.05) is 0 Å². The number of hydrogen-bond acceptors (Lipinski definition) is 4. The Morgan fingerprint density at radius 2 is 1.47 bits per heavy atom. The molecule has 4 heteroatoms. The molecule has 1 rings (SSSR count). The van der Waals surface area contributed by atoms with Crippen LogP contribution in [-0.2, 0) is 19.1 Å². The molecule has 0 spiro atoms. The predicted octanol–water partition coefficient (Wildman–Crippen LogP) is 2.95. The van der Waals surface area contributed by atoms with Crippen molar-refractivity contribution >= 4 is 11.9 Å². The molecule has 0 amide bonds. The van der Waals surface area contributed by atoms with E-state index in [1.807, 2.05) is 0 Å². The van der Waals surface area contributed by atoms with E-state index in [4.69, 9.17) is 9.47 Å². The molecule has 0 bridgehead atoms. The Morgan fingerprint density at radius 1 is 1.00 bits per heavy atom. The molecule has 0 unspecified atom stereocenters. The van der Waals surface area contributed by atoms with Crippen LogP contribution in [0.5, 0.6) is 0 Å². The summed E-state index contributed by atoms with van der Waals surface area (Å²) >= 11 is 0. The van der Waals surface area contributed by atoms with E-state index in [-0.39, 0.29) is 0 Å². The van der Waals surface area contributed by atoms with Crippen LogP contribution in [0, 0.1) is 17.8 Å². The van der Waals surface area contributed by atoms with Gasteiger partial charge in [0.1, 0.15) is 0 Å². The van der Waals surface area contributed by atoms with E-state index in [9.17, 15) is 9.59 Å². The first kappa shape index (κ1) is 16.0. The zero-order chi connectivity index (χ0) is 14.3. The molecule has 4 nitrogen and oxygen atoms in total. The van der Waals surface area contributed by atoms with Crippen LogP contribution in [0.2, 0.25) is 0 Å². The molecular weight excluding hydrogens is 244 g/mol. The van der Waals surface area contributed by atoms with Crippen LogP contribution in [0.15, 0.2) is 0 Å². The number of hydrogen-bond donors (Lipinski definition) is 0. The summed E-state index contributed by atoms with van der Waals surface area (Å²) in [4.78, 5) is 23.7. The molecule has 0 saturated heterocycles. The summed E-state index contributed by atoms with van der Waals surface area (Å²) in [5.41, 5.74) is 0. The third-order valence-electron chi connectivity index (χ3n) is 3.85. The Bertz CT molecular complexity index is 275. The van der Waals surface area contributed by atoms with Gasteiger partial charge in [-0.25, -0.2) is 0 Å². The molecule has 1 aliphatic carbocycles. The van der Waals surface area contributed by atoms with Crippen molar-refractivity contribution in [1.82, 2.24) is 0 Å². The number of esters is 2. The van der Waals surface area contributed by atoms with Gasteiger partial charge in [-0.1, -0.05) is 32.6 Å². The van der Waals surface area contributed by atoms with Crippen molar-refractivity contribution in [2.24, 2.45) is 17.8 Å². The molecular formula is C15H26O4. The molecule has 1 fully saturated rings. The van der Waals surface area contributed by atoms with Crippen molar-refractivity contribution in [3.05, 3.63) is 0 Å². The Hall–Kier alpha value is -1.06. The lowest BCUT2D eigenvalue weighted by molar-refractivity contribution is -0.162. The molecule has 0 heterocycles. The molecule has 0 aromatic carbocycles. The van der Waals surface area contributed by atoms with Gasteiger partial charge in [-0.2, -0.15) is 0 Å². The largest absolute Gasteiger partial charge is 0.465 e. The summed E-state index contributed by atoms with van der Waals surface area (Å²) in [7, 11) is 0. The Kier molecular flexibility index (Phi) is 6.89. The lowest BCUT2D eigenvalue weighted by Crippen LogP contribution is -2.31. The highest BCUT2D eigenvalue weighted by Gasteiger charge is 2.33. The van der Waals surface area contributed by atoms with Crippen molar-refractivity contribution in [3.63, 3.8) is 0 Å². The van der Waals surface area contributed by atoms with Crippen molar-refractivity contribution in [2.45, 2.75) is 52.9 Å². The summed E-state index contributed by atoms with van der Waals surface area (Å²) in [6.45, 7) is 6.36. The van der Waals surface area contributed by atoms with Gasteiger partial charge in [-0.3, -0.25) is 9.59 Å². The maximum atomic E-state index is 11.9. The van der Waals surface area contributed by atoms with Crippen LogP contribution in [0.25, 0.3) is 0 Å². The zero-order valence-electron chi connectivity index (χ0n) is 12.3. The molecule has 0 atom stereocenters. The quantitative estimate of drug-likeness (QED) is 0.550. The van der Waals surface area contributed by atoms with Gasteiger partial charge in [0.05, 0.1) is 13.2 Å². The van der Waals surface area contributed by atoms with Gasteiger partial charge in [-0.15, -0.1) is 0 Å². The SMILES string of the molecule is CCOC(=O)C(CC1CCC(C)CC1)C(=O)OCC. The van der Waals surface area contributed by atoms with E-state index in [1.54, 1.807) is 13.8 Å². The summed E-state index contributed by atoms with van der Waals surface area (Å²) in [6.07, 6.45) is 5.13. The predicted molar refractivity (Wildman–Crippen MR) is 72.5 cm³/mol. The summed E-state index contributed by atoms with van der Waals surface area (Å²) in [6, 6.07) is 0. The first-order chi connectivity index (χ1) is 9.08. The standard InChI is InChI=1S/C15H26O4/c1-4-18-14(16)13(15(17)19-5-2)10-12-8-6-11(3)7-9-12/h11-13H,4-10H2,1-3H3. The fourth-order valence-corrected chi connectivity index (χ4v) is 2.67. The van der Waals surface area contributed by atoms with Crippen LogP contribution in [0.4, 0.5) is 0 Å². The maximum Gasteiger partial charge on any atom is 0.320 e. The molecule has 110 valence electrons. The van der Waals surface area contributed by atoms with Gasteiger partial charge >= 0.3 is 11.9 Å². The van der Waals surface area contributed by atoms with E-state index in [0.29, 0.717) is 25.6 Å². The molecule has 1 saturated carbocycles. The van der Waals surface area contributed by atoms with E-state index in [2.05, 4.69) is 6.92 Å². The lowest BCUT2D eigenvalue weighted by Gasteiger charge is -2.28. The minimum Gasteiger partial charge on any atom is -0.465 e. The summed E-state index contributed by atoms with van der Waals surface area (Å²) in [5.74, 6) is -0.396. The highest BCUT2D eigenvalue weighted by molar-refractivity contribution is 5.94. The minimum absolute atomic E-state index is 0.302. The highest BCUT2D eigenvalue weighted by atomic mass is 16.6. The second kappa shape index (κ2) is 8.18. The molecule has 19 heavy (non-hydrogen) atoms. The monoisotopic (exact) mass is 270 g/mol. The molecule has 0 aromatic heterocycles. The fourth-order valence-electron chi connectivity index (χ4n) is 2.67. The number of carbonyl (C=O) groups excluding carboxylic acids is 2. The van der Waals surface area contributed by atoms with Crippen LogP contribution in [-0.4, -0.2) is 25.2 Å². The minimum atomic E-state index is -0.738. The van der Waals surface area contributed by atoms with Gasteiger partial charge in [-0.05, 0) is 32.1 Å². The first-order valence-electron chi connectivity index (χ1n) is 7.41. The van der Waals surface area contributed by atoms with Crippen molar-refractivity contribution in [1.29, 1.82) is 0 Å². The topological polar surface area (TPSA) is 52.6 Å². The highest BCUT2D eigenvalue weighted by Crippen LogP contribution is 2.33. The van der Waals surface area contributed by atoms with E-state index < -0.39 is 17.9 Å². The molecule has 0 aromatic rings. The van der Waals surface area contributed by atoms with Gasteiger partial charge in [0.15, 0.2) is 5.92 Å². The van der Waals surface area contributed by atoms with Crippen LogP contribution < -0.4 is 0 Å². The Labute approximate surface area is 115 Å². The van der Waals surface area contributed by atoms with Crippen LogP contribution in [0.3, 0.4) is 0 Å². The average molecular weight is 270 g/mol. The van der Waals surface area contributed by atoms with Crippen molar-refractivity contribution in [3.8, 4) is 0 Å². The number of ether oxygens (including phenoxy) is 2. The Morgan fingerprint density at radius 3 is 1.89 bits per heavy atom. The van der Waals surface area contributed by atoms with Crippen LogP contribution >= 0.6 is 0 Å². The lowest BCUT2D eigenvalue weighted by atomic mass is 9.78. The Balaban J connectivity index is 2.57. The molecule has 0 radical (unpaired) electrons. The second-order valence-corrected chi connectivity index (χ2v) is 5.42. The van der Waals surface area contributed by atoms with E-state index in [1.165, 1.54) is 12.8 Å². The van der Waals surface area contributed by atoms with Gasteiger partial charge < -0.3 is 9.47 Å². The number of rotatable bonds is 6. The van der Waals surface area contributed by atoms with E-state index >= 15 is 0 Å². The molecule has 0 N–H and O–H groups in total. The average Bonchev–Trinajstić information content (AvgIpc) is 2.38.